The van der Waals surface area contributed by atoms with E-state index >= 15 is 0 Å². The Morgan fingerprint density at radius 3 is 2.00 bits per heavy atom. The maximum Gasteiger partial charge on any atom is 0.229 e. The van der Waals surface area contributed by atoms with Crippen molar-refractivity contribution in [3.05, 3.63) is 60.0 Å². The third kappa shape index (κ3) is 8.67. The van der Waals surface area contributed by atoms with E-state index in [9.17, 15) is 9.59 Å². The molecule has 0 aliphatic rings. The lowest BCUT2D eigenvalue weighted by Crippen LogP contribution is -2.38. The van der Waals surface area contributed by atoms with Gasteiger partial charge in [-0.15, -0.1) is 0 Å². The first-order chi connectivity index (χ1) is 17.3. The normalized spacial score (nSPS) is 11.5. The topological polar surface area (TPSA) is 126 Å². The first kappa shape index (κ1) is 27.2. The van der Waals surface area contributed by atoms with Crippen molar-refractivity contribution in [2.75, 3.05) is 13.1 Å². The van der Waals surface area contributed by atoms with Crippen LogP contribution in [0.15, 0.2) is 36.9 Å². The van der Waals surface area contributed by atoms with E-state index in [4.69, 9.17) is 0 Å². The summed E-state index contributed by atoms with van der Waals surface area (Å²) in [6.45, 7) is 11.3. The molecule has 0 aromatic carbocycles. The zero-order valence-electron chi connectivity index (χ0n) is 21.9. The van der Waals surface area contributed by atoms with Gasteiger partial charge < -0.3 is 25.2 Å². The second-order valence-electron chi connectivity index (χ2n) is 9.67. The quantitative estimate of drug-likeness (QED) is 0.241. The predicted octanol–water partition coefficient (Wildman–Crippen LogP) is 2.79. The number of nitrogens with one attached hydrogen (secondary N) is 4. The number of unbranched alkanes of at least 4 members (excludes halogenated alkanes) is 1. The smallest absolute Gasteiger partial charge is 0.229 e. The van der Waals surface area contributed by atoms with E-state index in [-0.39, 0.29) is 24.7 Å². The molecule has 0 unspecified atom stereocenters. The maximum atomic E-state index is 13.1. The number of H-pyrrole nitrogens is 3. The lowest BCUT2D eigenvalue weighted by molar-refractivity contribution is -0.132. The molecule has 0 spiro atoms. The molecule has 0 aliphatic heterocycles. The van der Waals surface area contributed by atoms with Gasteiger partial charge in [0.25, 0.3) is 0 Å². The number of hydrogen-bond acceptors (Lipinski definition) is 5. The highest BCUT2D eigenvalue weighted by Crippen LogP contribution is 2.10. The fraction of sp³-hybridized carbons (Fsp3) is 0.538. The number of hydrogen-bond donors (Lipinski definition) is 4. The van der Waals surface area contributed by atoms with E-state index in [0.717, 1.165) is 30.8 Å². The van der Waals surface area contributed by atoms with Crippen LogP contribution in [-0.4, -0.2) is 71.7 Å². The molecule has 3 rings (SSSR count). The second-order valence-corrected chi connectivity index (χ2v) is 9.67. The van der Waals surface area contributed by atoms with E-state index in [2.05, 4.69) is 62.8 Å². The molecule has 4 N–H and O–H groups in total. The van der Waals surface area contributed by atoms with Crippen LogP contribution >= 0.6 is 0 Å². The summed E-state index contributed by atoms with van der Waals surface area (Å²) in [4.78, 5) is 47.4. The molecule has 0 fully saturated rings. The van der Waals surface area contributed by atoms with Gasteiger partial charge in [0, 0.05) is 54.8 Å². The van der Waals surface area contributed by atoms with E-state index in [1.54, 1.807) is 29.7 Å². The van der Waals surface area contributed by atoms with E-state index in [1.165, 1.54) is 0 Å². The predicted molar refractivity (Wildman–Crippen MR) is 139 cm³/mol. The van der Waals surface area contributed by atoms with Crippen molar-refractivity contribution in [1.82, 2.24) is 40.0 Å². The largest absolute Gasteiger partial charge is 0.361 e. The average molecular weight is 497 g/mol. The van der Waals surface area contributed by atoms with Crippen LogP contribution < -0.4 is 5.32 Å². The summed E-state index contributed by atoms with van der Waals surface area (Å²) < 4.78 is 0. The molecule has 3 aromatic heterocycles. The van der Waals surface area contributed by atoms with Gasteiger partial charge in [-0.2, -0.15) is 0 Å². The molecule has 36 heavy (non-hydrogen) atoms. The molecule has 0 atom stereocenters. The molecule has 3 heterocycles. The van der Waals surface area contributed by atoms with Gasteiger partial charge in [0.1, 0.15) is 11.6 Å². The van der Waals surface area contributed by atoms with Crippen molar-refractivity contribution in [1.29, 1.82) is 0 Å². The van der Waals surface area contributed by atoms with Crippen molar-refractivity contribution in [2.24, 2.45) is 0 Å². The fourth-order valence-corrected chi connectivity index (χ4v) is 4.33. The van der Waals surface area contributed by atoms with Crippen molar-refractivity contribution < 1.29 is 9.59 Å². The Labute approximate surface area is 213 Å². The van der Waals surface area contributed by atoms with Crippen LogP contribution in [0.5, 0.6) is 0 Å². The van der Waals surface area contributed by atoms with Crippen molar-refractivity contribution in [3.8, 4) is 0 Å². The Hall–Kier alpha value is -3.40. The molecule has 0 aliphatic carbocycles. The standard InChI is InChI=1S/C26H40N8O2/c1-19(2)34(20(3)4)14-6-5-9-31-25(35)15-21-7-8-22(32-21)16-26(36)33(17-23-27-10-11-28-23)18-24-29-12-13-30-24/h7-8,10-13,19-20,32H,5-6,9,14-18H2,1-4H3,(H,27,28)(H,29,30)(H,31,35). The first-order valence-electron chi connectivity index (χ1n) is 12.7. The maximum absolute atomic E-state index is 13.1. The Kier molecular flexibility index (Phi) is 10.3. The second kappa shape index (κ2) is 13.6. The third-order valence-electron chi connectivity index (χ3n) is 6.14. The van der Waals surface area contributed by atoms with Gasteiger partial charge in [-0.3, -0.25) is 14.5 Å². The number of aromatic nitrogens is 5. The third-order valence-corrected chi connectivity index (χ3v) is 6.14. The molecule has 3 aromatic rings. The summed E-state index contributed by atoms with van der Waals surface area (Å²) in [5, 5.41) is 3.01. The summed E-state index contributed by atoms with van der Waals surface area (Å²) >= 11 is 0. The molecule has 10 heteroatoms. The Morgan fingerprint density at radius 2 is 1.47 bits per heavy atom. The Bertz CT molecular complexity index is 996. The first-order valence-corrected chi connectivity index (χ1v) is 12.7. The average Bonchev–Trinajstić information content (AvgIpc) is 3.59. The lowest BCUT2D eigenvalue weighted by atomic mass is 10.2. The van der Waals surface area contributed by atoms with Gasteiger partial charge in [0.15, 0.2) is 0 Å². The molecule has 0 saturated heterocycles. The number of carbonyl (C=O) groups is 2. The molecular formula is C26H40N8O2. The van der Waals surface area contributed by atoms with Crippen LogP contribution in [0, 0.1) is 0 Å². The molecular weight excluding hydrogens is 456 g/mol. The number of aromatic amines is 3. The van der Waals surface area contributed by atoms with Crippen LogP contribution in [0.3, 0.4) is 0 Å². The zero-order chi connectivity index (χ0) is 25.9. The zero-order valence-corrected chi connectivity index (χ0v) is 21.9. The summed E-state index contributed by atoms with van der Waals surface area (Å²) in [6, 6.07) is 4.78. The van der Waals surface area contributed by atoms with Gasteiger partial charge in [-0.05, 0) is 59.2 Å². The number of rotatable bonds is 15. The van der Waals surface area contributed by atoms with Crippen LogP contribution in [-0.2, 0) is 35.5 Å². The number of nitrogens with zero attached hydrogens (tertiary/aromatic N) is 4. The lowest BCUT2D eigenvalue weighted by Gasteiger charge is -2.30. The van der Waals surface area contributed by atoms with Crippen LogP contribution in [0.4, 0.5) is 0 Å². The van der Waals surface area contributed by atoms with Crippen molar-refractivity contribution in [2.45, 2.75) is 78.6 Å². The molecule has 2 amide bonds. The molecule has 0 saturated carbocycles. The minimum absolute atomic E-state index is 0.0171. The van der Waals surface area contributed by atoms with Crippen LogP contribution in [0.25, 0.3) is 0 Å². The molecule has 0 radical (unpaired) electrons. The van der Waals surface area contributed by atoms with Crippen molar-refractivity contribution >= 4 is 11.8 Å². The van der Waals surface area contributed by atoms with Gasteiger partial charge in [-0.1, -0.05) is 0 Å². The summed E-state index contributed by atoms with van der Waals surface area (Å²) in [6.07, 6.45) is 9.27. The molecule has 10 nitrogen and oxygen atoms in total. The minimum atomic E-state index is -0.0579. The van der Waals surface area contributed by atoms with Gasteiger partial charge in [0.05, 0.1) is 25.9 Å². The SMILES string of the molecule is CC(C)N(CCCCNC(=O)Cc1ccc(CC(=O)N(Cc2ncc[nH]2)Cc2ncc[nH]2)[nH]1)C(C)C. The summed E-state index contributed by atoms with van der Waals surface area (Å²) in [7, 11) is 0. The van der Waals surface area contributed by atoms with Gasteiger partial charge in [-0.25, -0.2) is 9.97 Å². The minimum Gasteiger partial charge on any atom is -0.361 e. The van der Waals surface area contributed by atoms with Crippen LogP contribution in [0.1, 0.15) is 63.6 Å². The number of imidazole rings is 2. The highest BCUT2D eigenvalue weighted by atomic mass is 16.2. The van der Waals surface area contributed by atoms with Crippen LogP contribution in [0.2, 0.25) is 0 Å². The molecule has 0 bridgehead atoms. The van der Waals surface area contributed by atoms with E-state index in [0.29, 0.717) is 43.4 Å². The van der Waals surface area contributed by atoms with Gasteiger partial charge in [0.2, 0.25) is 11.8 Å². The highest BCUT2D eigenvalue weighted by molar-refractivity contribution is 5.79. The highest BCUT2D eigenvalue weighted by Gasteiger charge is 2.18. The summed E-state index contributed by atoms with van der Waals surface area (Å²) in [5.74, 6) is 1.34. The van der Waals surface area contributed by atoms with Crippen molar-refractivity contribution in [3.63, 3.8) is 0 Å². The number of amides is 2. The summed E-state index contributed by atoms with van der Waals surface area (Å²) in [5.41, 5.74) is 1.57. The monoisotopic (exact) mass is 496 g/mol. The molecule has 196 valence electrons. The Morgan fingerprint density at radius 1 is 0.889 bits per heavy atom. The van der Waals surface area contributed by atoms with E-state index < -0.39 is 0 Å². The Balaban J connectivity index is 1.44. The van der Waals surface area contributed by atoms with Gasteiger partial charge >= 0.3 is 0 Å². The fourth-order valence-electron chi connectivity index (χ4n) is 4.33. The van der Waals surface area contributed by atoms with E-state index in [1.807, 2.05) is 12.1 Å². The number of carbonyl (C=O) groups excluding carboxylic acids is 2.